The molecule has 0 aliphatic heterocycles. The number of sulfonamides is 1. The Bertz CT molecular complexity index is 755. The third kappa shape index (κ3) is 2.85. The maximum atomic E-state index is 12.3. The molecule has 0 unspecified atom stereocenters. The van der Waals surface area contributed by atoms with Crippen LogP contribution in [0.2, 0.25) is 0 Å². The first-order chi connectivity index (χ1) is 10.1. The molecule has 1 aromatic carbocycles. The van der Waals surface area contributed by atoms with Crippen molar-refractivity contribution in [3.63, 3.8) is 0 Å². The molecule has 1 heterocycles. The molecule has 5 nitrogen and oxygen atoms in total. The number of nitrogens with zero attached hydrogens (tertiary/aromatic N) is 1. The summed E-state index contributed by atoms with van der Waals surface area (Å²) in [5.74, 6) is 0.619. The van der Waals surface area contributed by atoms with E-state index in [-0.39, 0.29) is 4.90 Å². The molecule has 3 rings (SSSR count). The van der Waals surface area contributed by atoms with Crippen molar-refractivity contribution in [2.45, 2.75) is 24.2 Å². The molecule has 110 valence electrons. The Hall–Kier alpha value is -2.08. The summed E-state index contributed by atoms with van der Waals surface area (Å²) >= 11 is 0. The zero-order valence-electron chi connectivity index (χ0n) is 11.7. The molecule has 0 radical (unpaired) electrons. The summed E-state index contributed by atoms with van der Waals surface area (Å²) in [5, 5.41) is 0. The molecule has 1 aliphatic rings. The molecule has 0 spiro atoms. The fourth-order valence-electron chi connectivity index (χ4n) is 2.45. The Morgan fingerprint density at radius 3 is 2.67 bits per heavy atom. The van der Waals surface area contributed by atoms with Gasteiger partial charge in [0.25, 0.3) is 10.0 Å². The minimum atomic E-state index is -3.60. The van der Waals surface area contributed by atoms with E-state index in [4.69, 9.17) is 4.74 Å². The lowest BCUT2D eigenvalue weighted by Gasteiger charge is -2.09. The highest BCUT2D eigenvalue weighted by molar-refractivity contribution is 7.92. The van der Waals surface area contributed by atoms with Gasteiger partial charge in [-0.25, -0.2) is 8.42 Å². The Labute approximate surface area is 124 Å². The number of aryl methyl sites for hydroxylation is 2. The molecule has 0 fully saturated rings. The number of hydrogen-bond acceptors (Lipinski definition) is 4. The van der Waals surface area contributed by atoms with Crippen molar-refractivity contribution in [3.8, 4) is 5.75 Å². The lowest BCUT2D eigenvalue weighted by molar-refractivity contribution is 0.414. The first-order valence-electron chi connectivity index (χ1n) is 6.73. The van der Waals surface area contributed by atoms with Crippen LogP contribution in [0.3, 0.4) is 0 Å². The summed E-state index contributed by atoms with van der Waals surface area (Å²) in [6.07, 6.45) is 4.59. The van der Waals surface area contributed by atoms with Crippen LogP contribution in [-0.4, -0.2) is 20.5 Å². The molecule has 0 atom stereocenters. The molecule has 0 saturated carbocycles. The van der Waals surface area contributed by atoms with Crippen molar-refractivity contribution >= 4 is 15.7 Å². The highest BCUT2D eigenvalue weighted by atomic mass is 32.2. The molecule has 0 saturated heterocycles. The Balaban J connectivity index is 1.85. The molecule has 2 aromatic rings. The Kier molecular flexibility index (Phi) is 3.55. The van der Waals surface area contributed by atoms with Gasteiger partial charge < -0.3 is 4.74 Å². The SMILES string of the molecule is COc1ccc(S(=O)(=O)Nc2cnc3c(c2)CCC3)cc1. The number of pyridine rings is 1. The van der Waals surface area contributed by atoms with E-state index in [0.717, 1.165) is 30.5 Å². The second-order valence-corrected chi connectivity index (χ2v) is 6.65. The third-order valence-electron chi connectivity index (χ3n) is 3.54. The van der Waals surface area contributed by atoms with E-state index in [1.54, 1.807) is 18.3 Å². The number of aromatic nitrogens is 1. The summed E-state index contributed by atoms with van der Waals surface area (Å²) < 4.78 is 32.2. The summed E-state index contributed by atoms with van der Waals surface area (Å²) in [7, 11) is -2.06. The fraction of sp³-hybridized carbons (Fsp3) is 0.267. The van der Waals surface area contributed by atoms with Gasteiger partial charge >= 0.3 is 0 Å². The highest BCUT2D eigenvalue weighted by Crippen LogP contribution is 2.24. The van der Waals surface area contributed by atoms with Crippen LogP contribution < -0.4 is 9.46 Å². The van der Waals surface area contributed by atoms with E-state index in [1.165, 1.54) is 19.2 Å². The maximum absolute atomic E-state index is 12.3. The van der Waals surface area contributed by atoms with E-state index < -0.39 is 10.0 Å². The van der Waals surface area contributed by atoms with Crippen molar-refractivity contribution in [1.29, 1.82) is 0 Å². The van der Waals surface area contributed by atoms with Gasteiger partial charge in [0.15, 0.2) is 0 Å². The molecule has 21 heavy (non-hydrogen) atoms. The van der Waals surface area contributed by atoms with Crippen LogP contribution >= 0.6 is 0 Å². The van der Waals surface area contributed by atoms with Crippen molar-refractivity contribution in [2.75, 3.05) is 11.8 Å². The second kappa shape index (κ2) is 5.37. The van der Waals surface area contributed by atoms with Gasteiger partial charge in [-0.15, -0.1) is 0 Å². The molecule has 1 aromatic heterocycles. The van der Waals surface area contributed by atoms with Crippen LogP contribution in [-0.2, 0) is 22.9 Å². The molecule has 1 N–H and O–H groups in total. The van der Waals surface area contributed by atoms with Crippen LogP contribution in [0.25, 0.3) is 0 Å². The predicted molar refractivity (Wildman–Crippen MR) is 80.1 cm³/mol. The summed E-state index contributed by atoms with van der Waals surface area (Å²) in [6, 6.07) is 8.14. The summed E-state index contributed by atoms with van der Waals surface area (Å²) in [4.78, 5) is 4.52. The number of nitrogens with one attached hydrogen (secondary N) is 1. The van der Waals surface area contributed by atoms with Crippen LogP contribution in [0, 0.1) is 0 Å². The molecular weight excluding hydrogens is 288 g/mol. The lowest BCUT2D eigenvalue weighted by Crippen LogP contribution is -2.13. The van der Waals surface area contributed by atoms with Gasteiger partial charge in [0.2, 0.25) is 0 Å². The van der Waals surface area contributed by atoms with Gasteiger partial charge in [-0.2, -0.15) is 0 Å². The van der Waals surface area contributed by atoms with E-state index >= 15 is 0 Å². The quantitative estimate of drug-likeness (QED) is 0.941. The van der Waals surface area contributed by atoms with Crippen LogP contribution in [0.1, 0.15) is 17.7 Å². The monoisotopic (exact) mass is 304 g/mol. The van der Waals surface area contributed by atoms with Gasteiger partial charge in [0.1, 0.15) is 5.75 Å². The number of benzene rings is 1. The average molecular weight is 304 g/mol. The standard InChI is InChI=1S/C15H16N2O3S/c1-20-13-5-7-14(8-6-13)21(18,19)17-12-9-11-3-2-4-15(11)16-10-12/h5-10,17H,2-4H2,1H3. The first kappa shape index (κ1) is 13.9. The van der Waals surface area contributed by atoms with Crippen LogP contribution in [0.15, 0.2) is 41.4 Å². The van der Waals surface area contributed by atoms with E-state index in [9.17, 15) is 8.42 Å². The van der Waals surface area contributed by atoms with Crippen LogP contribution in [0.5, 0.6) is 5.75 Å². The average Bonchev–Trinajstić information content (AvgIpc) is 2.94. The van der Waals surface area contributed by atoms with Crippen molar-refractivity contribution < 1.29 is 13.2 Å². The number of methoxy groups -OCH3 is 1. The Morgan fingerprint density at radius 2 is 1.95 bits per heavy atom. The molecule has 6 heteroatoms. The summed E-state index contributed by atoms with van der Waals surface area (Å²) in [6.45, 7) is 0. The van der Waals surface area contributed by atoms with Crippen molar-refractivity contribution in [2.24, 2.45) is 0 Å². The number of ether oxygens (including phenoxy) is 1. The first-order valence-corrected chi connectivity index (χ1v) is 8.21. The molecule has 0 amide bonds. The predicted octanol–water partition coefficient (Wildman–Crippen LogP) is 2.38. The lowest BCUT2D eigenvalue weighted by atomic mass is 10.2. The second-order valence-electron chi connectivity index (χ2n) is 4.96. The van der Waals surface area contributed by atoms with Gasteiger partial charge in [-0.3, -0.25) is 9.71 Å². The molecular formula is C15H16N2O3S. The minimum Gasteiger partial charge on any atom is -0.497 e. The van der Waals surface area contributed by atoms with E-state index in [1.807, 2.05) is 6.07 Å². The highest BCUT2D eigenvalue weighted by Gasteiger charge is 2.17. The van der Waals surface area contributed by atoms with Gasteiger partial charge in [0, 0.05) is 5.69 Å². The fourth-order valence-corrected chi connectivity index (χ4v) is 3.49. The van der Waals surface area contributed by atoms with Gasteiger partial charge in [0.05, 0.1) is 23.9 Å². The van der Waals surface area contributed by atoms with Crippen molar-refractivity contribution in [3.05, 3.63) is 47.8 Å². The third-order valence-corrected chi connectivity index (χ3v) is 4.94. The zero-order valence-corrected chi connectivity index (χ0v) is 12.5. The molecule has 1 aliphatic carbocycles. The zero-order chi connectivity index (χ0) is 14.9. The topological polar surface area (TPSA) is 68.3 Å². The van der Waals surface area contributed by atoms with Gasteiger partial charge in [-0.1, -0.05) is 0 Å². The van der Waals surface area contributed by atoms with E-state index in [0.29, 0.717) is 11.4 Å². The van der Waals surface area contributed by atoms with Crippen LogP contribution in [0.4, 0.5) is 5.69 Å². The molecule has 0 bridgehead atoms. The normalized spacial score (nSPS) is 13.8. The smallest absolute Gasteiger partial charge is 0.261 e. The largest absolute Gasteiger partial charge is 0.497 e. The summed E-state index contributed by atoms with van der Waals surface area (Å²) in [5.41, 5.74) is 2.71. The minimum absolute atomic E-state index is 0.198. The maximum Gasteiger partial charge on any atom is 0.261 e. The number of fused-ring (bicyclic) bond motifs is 1. The van der Waals surface area contributed by atoms with Gasteiger partial charge in [-0.05, 0) is 55.2 Å². The van der Waals surface area contributed by atoms with Crippen molar-refractivity contribution in [1.82, 2.24) is 4.98 Å². The number of hydrogen-bond donors (Lipinski definition) is 1. The number of anilines is 1. The number of rotatable bonds is 4. The Morgan fingerprint density at radius 1 is 1.19 bits per heavy atom. The van der Waals surface area contributed by atoms with E-state index in [2.05, 4.69) is 9.71 Å².